The molecule has 2 aromatic heterocycles. The van der Waals surface area contributed by atoms with Crippen molar-refractivity contribution in [2.45, 2.75) is 18.8 Å². The van der Waals surface area contributed by atoms with E-state index in [9.17, 15) is 9.59 Å². The van der Waals surface area contributed by atoms with Crippen LogP contribution in [0.3, 0.4) is 0 Å². The van der Waals surface area contributed by atoms with Crippen molar-refractivity contribution < 1.29 is 9.59 Å². The van der Waals surface area contributed by atoms with E-state index in [1.807, 2.05) is 42.6 Å². The van der Waals surface area contributed by atoms with Crippen molar-refractivity contribution in [3.63, 3.8) is 0 Å². The van der Waals surface area contributed by atoms with Crippen molar-refractivity contribution in [1.29, 1.82) is 0 Å². The number of hydrogen-bond donors (Lipinski definition) is 1. The molecule has 1 aromatic carbocycles. The van der Waals surface area contributed by atoms with Gasteiger partial charge in [0.25, 0.3) is 0 Å². The Balaban J connectivity index is 1.51. The van der Waals surface area contributed by atoms with Crippen LogP contribution in [-0.4, -0.2) is 48.0 Å². The topological polar surface area (TPSA) is 78.4 Å². The summed E-state index contributed by atoms with van der Waals surface area (Å²) < 4.78 is 0. The van der Waals surface area contributed by atoms with Crippen LogP contribution in [0.4, 0.5) is 11.5 Å². The first kappa shape index (κ1) is 18.1. The number of aromatic nitrogens is 2. The van der Waals surface area contributed by atoms with E-state index in [0.29, 0.717) is 19.5 Å². The van der Waals surface area contributed by atoms with E-state index in [0.717, 1.165) is 33.8 Å². The van der Waals surface area contributed by atoms with E-state index in [4.69, 9.17) is 0 Å². The van der Waals surface area contributed by atoms with Crippen LogP contribution < -0.4 is 15.1 Å². The zero-order valence-corrected chi connectivity index (χ0v) is 16.9. The van der Waals surface area contributed by atoms with Gasteiger partial charge < -0.3 is 15.1 Å². The smallest absolute Gasteiger partial charge is 0.240 e. The zero-order valence-electron chi connectivity index (χ0n) is 16.1. The molecule has 2 aliphatic rings. The minimum atomic E-state index is -0.642. The largest absolute Gasteiger partial charge is 0.355 e. The first-order valence-corrected chi connectivity index (χ1v) is 10.6. The third kappa shape index (κ3) is 2.70. The van der Waals surface area contributed by atoms with Gasteiger partial charge in [0.15, 0.2) is 0 Å². The number of carbonyl (C=O) groups excluding carboxylic acids is 2. The highest BCUT2D eigenvalue weighted by molar-refractivity contribution is 7.16. The first-order valence-electron chi connectivity index (χ1n) is 9.75. The van der Waals surface area contributed by atoms with Gasteiger partial charge in [-0.05, 0) is 36.4 Å². The molecular weight excluding hydrogens is 386 g/mol. The third-order valence-electron chi connectivity index (χ3n) is 5.85. The maximum absolute atomic E-state index is 13.6. The lowest BCUT2D eigenvalue weighted by molar-refractivity contribution is -0.125. The SMILES string of the molecule is CCNC(=O)CN1C(=O)C2(CCN(c3ncnc4sccc34)C2)c2ccccc21. The first-order chi connectivity index (χ1) is 14.1. The van der Waals surface area contributed by atoms with Crippen LogP contribution in [-0.2, 0) is 15.0 Å². The molecule has 0 saturated carbocycles. The lowest BCUT2D eigenvalue weighted by Gasteiger charge is -2.25. The van der Waals surface area contributed by atoms with Crippen molar-refractivity contribution in [3.05, 3.63) is 47.6 Å². The Bertz CT molecular complexity index is 1110. The second kappa shape index (κ2) is 6.81. The van der Waals surface area contributed by atoms with Crippen LogP contribution in [0.2, 0.25) is 0 Å². The molecular formula is C21H21N5O2S. The molecule has 1 N–H and O–H groups in total. The zero-order chi connectivity index (χ0) is 20.0. The van der Waals surface area contributed by atoms with E-state index in [-0.39, 0.29) is 18.4 Å². The number of anilines is 2. The van der Waals surface area contributed by atoms with Gasteiger partial charge in [0.2, 0.25) is 11.8 Å². The molecule has 4 heterocycles. The molecule has 0 bridgehead atoms. The Kier molecular flexibility index (Phi) is 4.24. The van der Waals surface area contributed by atoms with Crippen LogP contribution in [0.25, 0.3) is 10.2 Å². The monoisotopic (exact) mass is 407 g/mol. The molecule has 29 heavy (non-hydrogen) atoms. The Labute approximate surface area is 172 Å². The fourth-order valence-electron chi connectivity index (χ4n) is 4.56. The van der Waals surface area contributed by atoms with Crippen LogP contribution in [0.1, 0.15) is 18.9 Å². The van der Waals surface area contributed by atoms with Gasteiger partial charge in [-0.2, -0.15) is 0 Å². The maximum Gasteiger partial charge on any atom is 0.240 e. The van der Waals surface area contributed by atoms with E-state index in [1.165, 1.54) is 0 Å². The number of para-hydroxylation sites is 1. The van der Waals surface area contributed by atoms with Gasteiger partial charge in [0.05, 0.1) is 10.8 Å². The summed E-state index contributed by atoms with van der Waals surface area (Å²) in [6.45, 7) is 3.76. The van der Waals surface area contributed by atoms with Gasteiger partial charge >= 0.3 is 0 Å². The Morgan fingerprint density at radius 1 is 1.28 bits per heavy atom. The number of benzene rings is 1. The second-order valence-corrected chi connectivity index (χ2v) is 8.35. The number of carbonyl (C=O) groups is 2. The molecule has 1 spiro atoms. The molecule has 2 amide bonds. The molecule has 7 nitrogen and oxygen atoms in total. The molecule has 0 aliphatic carbocycles. The lowest BCUT2D eigenvalue weighted by Crippen LogP contribution is -2.46. The van der Waals surface area contributed by atoms with E-state index in [1.54, 1.807) is 22.6 Å². The molecule has 148 valence electrons. The number of amides is 2. The maximum atomic E-state index is 13.6. The number of thiophene rings is 1. The van der Waals surface area contributed by atoms with Gasteiger partial charge in [-0.25, -0.2) is 9.97 Å². The molecule has 0 radical (unpaired) electrons. The summed E-state index contributed by atoms with van der Waals surface area (Å²) in [7, 11) is 0. The van der Waals surface area contributed by atoms with Crippen molar-refractivity contribution >= 4 is 44.9 Å². The minimum Gasteiger partial charge on any atom is -0.355 e. The molecule has 5 rings (SSSR count). The van der Waals surface area contributed by atoms with Gasteiger partial charge in [-0.3, -0.25) is 9.59 Å². The van der Waals surface area contributed by atoms with Gasteiger partial charge in [0.1, 0.15) is 23.5 Å². The van der Waals surface area contributed by atoms with Gasteiger partial charge in [0, 0.05) is 25.3 Å². The number of likely N-dealkylation sites (N-methyl/N-ethyl adjacent to an activating group) is 1. The molecule has 1 saturated heterocycles. The fourth-order valence-corrected chi connectivity index (χ4v) is 5.29. The summed E-state index contributed by atoms with van der Waals surface area (Å²) >= 11 is 1.59. The standard InChI is InChI=1S/C21H21N5O2S/c1-2-22-17(27)11-26-16-6-4-3-5-15(16)21(20(26)28)8-9-25(12-21)18-14-7-10-29-19(14)24-13-23-18/h3-7,10,13H,2,8-9,11-12H2,1H3,(H,22,27). The van der Waals surface area contributed by atoms with Crippen LogP contribution >= 0.6 is 11.3 Å². The lowest BCUT2D eigenvalue weighted by atomic mass is 9.81. The van der Waals surface area contributed by atoms with E-state index in [2.05, 4.69) is 20.2 Å². The molecule has 3 aromatic rings. The normalized spacial score (nSPS) is 20.7. The van der Waals surface area contributed by atoms with Crippen molar-refractivity contribution in [2.75, 3.05) is 36.0 Å². The highest BCUT2D eigenvalue weighted by atomic mass is 32.1. The highest BCUT2D eigenvalue weighted by Crippen LogP contribution is 2.48. The summed E-state index contributed by atoms with van der Waals surface area (Å²) in [4.78, 5) is 39.5. The second-order valence-electron chi connectivity index (χ2n) is 7.45. The van der Waals surface area contributed by atoms with Crippen molar-refractivity contribution in [1.82, 2.24) is 15.3 Å². The van der Waals surface area contributed by atoms with Crippen LogP contribution in [0.15, 0.2) is 42.0 Å². The number of nitrogens with zero attached hydrogens (tertiary/aromatic N) is 4. The Morgan fingerprint density at radius 2 is 2.14 bits per heavy atom. The molecule has 1 atom stereocenters. The average Bonchev–Trinajstić information content (AvgIpc) is 3.43. The molecule has 1 fully saturated rings. The van der Waals surface area contributed by atoms with Crippen molar-refractivity contribution in [3.8, 4) is 0 Å². The quantitative estimate of drug-likeness (QED) is 0.718. The molecule has 8 heteroatoms. The number of rotatable bonds is 4. The number of hydrogen-bond acceptors (Lipinski definition) is 6. The fraction of sp³-hybridized carbons (Fsp3) is 0.333. The van der Waals surface area contributed by atoms with E-state index >= 15 is 0 Å². The van der Waals surface area contributed by atoms with E-state index < -0.39 is 5.41 Å². The summed E-state index contributed by atoms with van der Waals surface area (Å²) in [6, 6.07) is 9.88. The van der Waals surface area contributed by atoms with Crippen LogP contribution in [0, 0.1) is 0 Å². The number of nitrogens with one attached hydrogen (secondary N) is 1. The predicted molar refractivity (Wildman–Crippen MR) is 113 cm³/mol. The minimum absolute atomic E-state index is 0.00284. The van der Waals surface area contributed by atoms with Gasteiger partial charge in [-0.1, -0.05) is 18.2 Å². The third-order valence-corrected chi connectivity index (χ3v) is 6.67. The average molecular weight is 407 g/mol. The predicted octanol–water partition coefficient (Wildman–Crippen LogP) is 2.32. The Hall–Kier alpha value is -3.00. The van der Waals surface area contributed by atoms with Crippen LogP contribution in [0.5, 0.6) is 0 Å². The molecule has 1 unspecified atom stereocenters. The summed E-state index contributed by atoms with van der Waals surface area (Å²) in [6.07, 6.45) is 2.29. The van der Waals surface area contributed by atoms with Gasteiger partial charge in [-0.15, -0.1) is 11.3 Å². The molecule has 2 aliphatic heterocycles. The highest BCUT2D eigenvalue weighted by Gasteiger charge is 2.54. The summed E-state index contributed by atoms with van der Waals surface area (Å²) in [5.41, 5.74) is 1.21. The summed E-state index contributed by atoms with van der Waals surface area (Å²) in [5, 5.41) is 5.83. The summed E-state index contributed by atoms with van der Waals surface area (Å²) in [5.74, 6) is 0.738. The Morgan fingerprint density at radius 3 is 3.00 bits per heavy atom. The van der Waals surface area contributed by atoms with Crippen molar-refractivity contribution in [2.24, 2.45) is 0 Å². The number of fused-ring (bicyclic) bond motifs is 3.